The van der Waals surface area contributed by atoms with Crippen molar-refractivity contribution in [2.75, 3.05) is 6.54 Å². The Labute approximate surface area is 133 Å². The molecule has 0 atom stereocenters. The van der Waals surface area contributed by atoms with Crippen LogP contribution >= 0.6 is 0 Å². The summed E-state index contributed by atoms with van der Waals surface area (Å²) in [5.41, 5.74) is -0.227. The van der Waals surface area contributed by atoms with Crippen molar-refractivity contribution in [1.82, 2.24) is 4.90 Å². The van der Waals surface area contributed by atoms with Crippen molar-refractivity contribution < 1.29 is 19.2 Å². The number of amides is 1. The molecule has 1 amide bonds. The minimum atomic E-state index is -1.11. The molecule has 23 heavy (non-hydrogen) atoms. The highest BCUT2D eigenvalue weighted by Crippen LogP contribution is 2.19. The van der Waals surface area contributed by atoms with Gasteiger partial charge in [0, 0.05) is 13.1 Å². The summed E-state index contributed by atoms with van der Waals surface area (Å²) in [4.78, 5) is 23.9. The summed E-state index contributed by atoms with van der Waals surface area (Å²) >= 11 is 0. The lowest BCUT2D eigenvalue weighted by Crippen LogP contribution is -2.41. The second kappa shape index (κ2) is 6.62. The lowest BCUT2D eigenvalue weighted by Gasteiger charge is -2.28. The van der Waals surface area contributed by atoms with Crippen LogP contribution < -0.4 is 0 Å². The molecule has 7 heteroatoms. The van der Waals surface area contributed by atoms with Crippen LogP contribution in [-0.2, 0) is 6.54 Å². The van der Waals surface area contributed by atoms with Gasteiger partial charge in [0.15, 0.2) is 5.76 Å². The molecule has 0 aliphatic rings. The third-order valence-electron chi connectivity index (χ3n) is 3.06. The molecule has 122 valence electrons. The second-order valence-corrected chi connectivity index (χ2v) is 5.85. The third-order valence-corrected chi connectivity index (χ3v) is 3.06. The van der Waals surface area contributed by atoms with E-state index in [1.54, 1.807) is 13.8 Å². The number of hydrogen-bond donors (Lipinski definition) is 1. The van der Waals surface area contributed by atoms with E-state index in [0.29, 0.717) is 0 Å². The van der Waals surface area contributed by atoms with Crippen LogP contribution in [0, 0.1) is 10.1 Å². The minimum absolute atomic E-state index is 0.0647. The fourth-order valence-electron chi connectivity index (χ4n) is 2.17. The first-order valence-electron chi connectivity index (χ1n) is 7.06. The summed E-state index contributed by atoms with van der Waals surface area (Å²) in [5, 5.41) is 20.7. The monoisotopic (exact) mass is 318 g/mol. The van der Waals surface area contributed by atoms with Gasteiger partial charge in [0.1, 0.15) is 4.92 Å². The number of benzene rings is 1. The molecule has 0 saturated heterocycles. The van der Waals surface area contributed by atoms with E-state index in [0.717, 1.165) is 11.6 Å². The Morgan fingerprint density at radius 2 is 1.91 bits per heavy atom. The first-order valence-corrected chi connectivity index (χ1v) is 7.06. The summed E-state index contributed by atoms with van der Waals surface area (Å²) < 4.78 is 4.97. The van der Waals surface area contributed by atoms with Gasteiger partial charge < -0.3 is 14.4 Å². The van der Waals surface area contributed by atoms with Gasteiger partial charge in [0.05, 0.1) is 11.7 Å². The molecule has 1 heterocycles. The molecule has 1 aromatic heterocycles. The molecule has 0 fully saturated rings. The van der Waals surface area contributed by atoms with E-state index in [1.807, 2.05) is 30.3 Å². The highest BCUT2D eigenvalue weighted by molar-refractivity contribution is 5.91. The highest BCUT2D eigenvalue weighted by Gasteiger charge is 2.27. The van der Waals surface area contributed by atoms with E-state index in [-0.39, 0.29) is 18.8 Å². The van der Waals surface area contributed by atoms with Crippen molar-refractivity contribution in [3.63, 3.8) is 0 Å². The van der Waals surface area contributed by atoms with Crippen molar-refractivity contribution in [3.05, 3.63) is 63.9 Å². The van der Waals surface area contributed by atoms with Crippen molar-refractivity contribution in [2.45, 2.75) is 26.0 Å². The predicted octanol–water partition coefficient (Wildman–Crippen LogP) is 2.60. The Bertz CT molecular complexity index is 688. The Morgan fingerprint density at radius 1 is 1.26 bits per heavy atom. The maximum Gasteiger partial charge on any atom is 0.433 e. The zero-order valence-electron chi connectivity index (χ0n) is 12.9. The lowest BCUT2D eigenvalue weighted by molar-refractivity contribution is -0.402. The SMILES string of the molecule is CC(C)(O)CN(Cc1ccccc1)C(=O)c1ccc([N+](=O)[O-])o1. The number of aliphatic hydroxyl groups is 1. The van der Waals surface area contributed by atoms with Crippen LogP contribution in [0.15, 0.2) is 46.9 Å². The third kappa shape index (κ3) is 4.65. The molecule has 1 aromatic carbocycles. The summed E-state index contributed by atoms with van der Waals surface area (Å²) in [6.45, 7) is 3.50. The van der Waals surface area contributed by atoms with Crippen LogP contribution in [0.4, 0.5) is 5.88 Å². The van der Waals surface area contributed by atoms with Crippen LogP contribution in [-0.4, -0.2) is 33.0 Å². The Hall–Kier alpha value is -2.67. The summed E-state index contributed by atoms with van der Waals surface area (Å²) in [7, 11) is 0. The summed E-state index contributed by atoms with van der Waals surface area (Å²) in [6.07, 6.45) is 0. The predicted molar refractivity (Wildman–Crippen MR) is 82.8 cm³/mol. The molecule has 1 N–H and O–H groups in total. The van der Waals surface area contributed by atoms with Crippen LogP contribution in [0.25, 0.3) is 0 Å². The first-order chi connectivity index (χ1) is 10.8. The van der Waals surface area contributed by atoms with E-state index >= 15 is 0 Å². The molecule has 0 unspecified atom stereocenters. The van der Waals surface area contributed by atoms with Gasteiger partial charge >= 0.3 is 5.88 Å². The number of carbonyl (C=O) groups excluding carboxylic acids is 1. The van der Waals surface area contributed by atoms with Crippen LogP contribution in [0.1, 0.15) is 30.0 Å². The lowest BCUT2D eigenvalue weighted by atomic mass is 10.1. The van der Waals surface area contributed by atoms with Crippen molar-refractivity contribution in [3.8, 4) is 0 Å². The van der Waals surface area contributed by atoms with Crippen LogP contribution in [0.5, 0.6) is 0 Å². The van der Waals surface area contributed by atoms with E-state index in [2.05, 4.69) is 0 Å². The Kier molecular flexibility index (Phi) is 4.80. The highest BCUT2D eigenvalue weighted by atomic mass is 16.6. The Balaban J connectivity index is 2.24. The maximum atomic E-state index is 12.6. The van der Waals surface area contributed by atoms with Crippen LogP contribution in [0.3, 0.4) is 0 Å². The van der Waals surface area contributed by atoms with Gasteiger partial charge in [-0.05, 0) is 25.5 Å². The quantitative estimate of drug-likeness (QED) is 0.652. The average Bonchev–Trinajstić information content (AvgIpc) is 2.95. The number of rotatable bonds is 6. The van der Waals surface area contributed by atoms with Gasteiger partial charge in [-0.1, -0.05) is 30.3 Å². The van der Waals surface area contributed by atoms with Gasteiger partial charge in [-0.3, -0.25) is 14.9 Å². The van der Waals surface area contributed by atoms with Crippen molar-refractivity contribution in [2.24, 2.45) is 0 Å². The molecule has 2 rings (SSSR count). The van der Waals surface area contributed by atoms with E-state index < -0.39 is 22.3 Å². The molecule has 7 nitrogen and oxygen atoms in total. The standard InChI is InChI=1S/C16H18N2O5/c1-16(2,20)11-17(10-12-6-4-3-5-7-12)15(19)13-8-9-14(23-13)18(21)22/h3-9,20H,10-11H2,1-2H3. The molecule has 0 aliphatic carbocycles. The van der Waals surface area contributed by atoms with Gasteiger partial charge in [-0.2, -0.15) is 0 Å². The van der Waals surface area contributed by atoms with E-state index in [4.69, 9.17) is 4.42 Å². The number of furan rings is 1. The van der Waals surface area contributed by atoms with Crippen molar-refractivity contribution in [1.29, 1.82) is 0 Å². The van der Waals surface area contributed by atoms with Gasteiger partial charge in [-0.25, -0.2) is 0 Å². The Morgan fingerprint density at radius 3 is 2.43 bits per heavy atom. The molecule has 0 spiro atoms. The van der Waals surface area contributed by atoms with Crippen LogP contribution in [0.2, 0.25) is 0 Å². The summed E-state index contributed by atoms with van der Waals surface area (Å²) in [6, 6.07) is 11.7. The number of nitrogens with zero attached hydrogens (tertiary/aromatic N) is 2. The molecule has 2 aromatic rings. The molecular formula is C16H18N2O5. The van der Waals surface area contributed by atoms with E-state index in [1.165, 1.54) is 11.0 Å². The topological polar surface area (TPSA) is 96.8 Å². The fourth-order valence-corrected chi connectivity index (χ4v) is 2.17. The van der Waals surface area contributed by atoms with Gasteiger partial charge in [-0.15, -0.1) is 0 Å². The zero-order chi connectivity index (χ0) is 17.0. The normalized spacial score (nSPS) is 11.3. The molecular weight excluding hydrogens is 300 g/mol. The first kappa shape index (κ1) is 16.7. The number of carbonyl (C=O) groups is 1. The van der Waals surface area contributed by atoms with Crippen molar-refractivity contribution >= 4 is 11.8 Å². The smallest absolute Gasteiger partial charge is 0.395 e. The number of nitro groups is 1. The average molecular weight is 318 g/mol. The zero-order valence-corrected chi connectivity index (χ0v) is 12.9. The summed E-state index contributed by atoms with van der Waals surface area (Å²) in [5.74, 6) is -1.13. The largest absolute Gasteiger partial charge is 0.433 e. The van der Waals surface area contributed by atoms with E-state index in [9.17, 15) is 20.0 Å². The fraction of sp³-hybridized carbons (Fsp3) is 0.312. The molecule has 0 radical (unpaired) electrons. The van der Waals surface area contributed by atoms with Gasteiger partial charge in [0.2, 0.25) is 0 Å². The van der Waals surface area contributed by atoms with Gasteiger partial charge in [0.25, 0.3) is 5.91 Å². The second-order valence-electron chi connectivity index (χ2n) is 5.85. The molecule has 0 bridgehead atoms. The maximum absolute atomic E-state index is 12.6. The molecule has 0 saturated carbocycles. The molecule has 0 aliphatic heterocycles. The number of hydrogen-bond acceptors (Lipinski definition) is 5. The minimum Gasteiger partial charge on any atom is -0.395 e.